The normalized spacial score (nSPS) is 29.0. The molecule has 2 heterocycles. The molecular formula is C31H43NO6S. The van der Waals surface area contributed by atoms with Crippen molar-refractivity contribution in [3.05, 3.63) is 53.1 Å². The third kappa shape index (κ3) is 7.84. The average molecular weight is 558 g/mol. The Bertz CT molecular complexity index is 1180. The summed E-state index contributed by atoms with van der Waals surface area (Å²) in [5.41, 5.74) is 1.41. The summed E-state index contributed by atoms with van der Waals surface area (Å²) in [7, 11) is 0. The van der Waals surface area contributed by atoms with Crippen LogP contribution >= 0.6 is 11.3 Å². The molecule has 0 saturated heterocycles. The zero-order valence-electron chi connectivity index (χ0n) is 23.6. The Morgan fingerprint density at radius 3 is 2.69 bits per heavy atom. The van der Waals surface area contributed by atoms with Gasteiger partial charge in [0.1, 0.15) is 16.9 Å². The van der Waals surface area contributed by atoms with E-state index in [0.29, 0.717) is 24.3 Å². The maximum Gasteiger partial charge on any atom is 0.309 e. The number of ketones is 1. The number of benzene rings is 1. The van der Waals surface area contributed by atoms with E-state index in [-0.39, 0.29) is 24.7 Å². The number of allylic oxidation sites excluding steroid dienone is 2. The van der Waals surface area contributed by atoms with Crippen LogP contribution in [0.2, 0.25) is 0 Å². The Labute approximate surface area is 235 Å². The van der Waals surface area contributed by atoms with Gasteiger partial charge in [0, 0.05) is 12.3 Å². The number of hydrogen-bond acceptors (Lipinski definition) is 8. The summed E-state index contributed by atoms with van der Waals surface area (Å²) in [4.78, 5) is 31.3. The Balaban J connectivity index is 1.93. The molecule has 5 atom stereocenters. The summed E-state index contributed by atoms with van der Waals surface area (Å²) in [5, 5.41) is 32.3. The molecule has 1 aliphatic heterocycles. The third-order valence-electron chi connectivity index (χ3n) is 7.99. The summed E-state index contributed by atoms with van der Waals surface area (Å²) in [6.07, 6.45) is 4.68. The molecule has 7 nitrogen and oxygen atoms in total. The summed E-state index contributed by atoms with van der Waals surface area (Å²) in [5.74, 6) is -1.61. The zero-order chi connectivity index (χ0) is 28.7. The SMILES string of the molecule is C=CCC[C@H]1C(=O)C(C)(C)[C@@H](O)CC(=O)O[C@H](c2ccc3sc(CO)nc3c2)C/C=C(/C)CCC[C@H](C)[C@@H]1O. The van der Waals surface area contributed by atoms with Gasteiger partial charge in [-0.15, -0.1) is 17.9 Å². The van der Waals surface area contributed by atoms with Crippen molar-refractivity contribution >= 4 is 33.3 Å². The van der Waals surface area contributed by atoms with Crippen molar-refractivity contribution in [3.63, 3.8) is 0 Å². The molecule has 0 fully saturated rings. The lowest BCUT2D eigenvalue weighted by Gasteiger charge is -2.36. The highest BCUT2D eigenvalue weighted by atomic mass is 32.1. The highest BCUT2D eigenvalue weighted by Crippen LogP contribution is 2.35. The number of esters is 1. The van der Waals surface area contributed by atoms with Crippen molar-refractivity contribution < 1.29 is 29.6 Å². The Kier molecular flexibility index (Phi) is 11.0. The Morgan fingerprint density at radius 1 is 1.26 bits per heavy atom. The maximum atomic E-state index is 13.7. The van der Waals surface area contributed by atoms with Crippen LogP contribution in [-0.4, -0.2) is 44.3 Å². The van der Waals surface area contributed by atoms with Gasteiger partial charge in [-0.05, 0) is 62.6 Å². The van der Waals surface area contributed by atoms with Gasteiger partial charge in [-0.3, -0.25) is 9.59 Å². The molecule has 2 aromatic rings. The van der Waals surface area contributed by atoms with Crippen molar-refractivity contribution in [1.82, 2.24) is 4.98 Å². The van der Waals surface area contributed by atoms with Crippen LogP contribution in [0, 0.1) is 17.3 Å². The van der Waals surface area contributed by atoms with Crippen molar-refractivity contribution in [2.75, 3.05) is 0 Å². The molecule has 1 aliphatic rings. The average Bonchev–Trinajstić information content (AvgIpc) is 3.32. The number of ether oxygens (including phenoxy) is 1. The van der Waals surface area contributed by atoms with Gasteiger partial charge in [-0.25, -0.2) is 4.98 Å². The quantitative estimate of drug-likeness (QED) is 0.313. The van der Waals surface area contributed by atoms with E-state index >= 15 is 0 Å². The van der Waals surface area contributed by atoms with Crippen LogP contribution in [0.25, 0.3) is 10.2 Å². The summed E-state index contributed by atoms with van der Waals surface area (Å²) in [6.45, 7) is 10.9. The van der Waals surface area contributed by atoms with Crippen LogP contribution in [0.15, 0.2) is 42.5 Å². The predicted molar refractivity (Wildman–Crippen MR) is 154 cm³/mol. The molecular weight excluding hydrogens is 514 g/mol. The van der Waals surface area contributed by atoms with Gasteiger partial charge in [0.2, 0.25) is 0 Å². The van der Waals surface area contributed by atoms with Crippen LogP contribution in [0.5, 0.6) is 0 Å². The molecule has 0 amide bonds. The number of Topliss-reactive ketones (excluding diaryl/α,β-unsaturated/α-hetero) is 1. The van der Waals surface area contributed by atoms with E-state index in [2.05, 4.69) is 17.6 Å². The first kappa shape index (κ1) is 31.1. The largest absolute Gasteiger partial charge is 0.457 e. The Morgan fingerprint density at radius 2 is 2.00 bits per heavy atom. The molecule has 1 aromatic carbocycles. The van der Waals surface area contributed by atoms with E-state index in [1.165, 1.54) is 11.3 Å². The van der Waals surface area contributed by atoms with Gasteiger partial charge in [-0.2, -0.15) is 0 Å². The first-order valence-electron chi connectivity index (χ1n) is 13.8. The molecule has 0 saturated carbocycles. The van der Waals surface area contributed by atoms with E-state index in [1.807, 2.05) is 32.0 Å². The number of carbonyl (C=O) groups is 2. The fraction of sp³-hybridized carbons (Fsp3) is 0.581. The zero-order valence-corrected chi connectivity index (χ0v) is 24.4. The minimum Gasteiger partial charge on any atom is -0.457 e. The summed E-state index contributed by atoms with van der Waals surface area (Å²) in [6, 6.07) is 5.69. The van der Waals surface area contributed by atoms with E-state index < -0.39 is 35.6 Å². The number of carbonyl (C=O) groups excluding carboxylic acids is 2. The number of thiazole rings is 1. The second-order valence-corrected chi connectivity index (χ2v) is 12.5. The first-order valence-corrected chi connectivity index (χ1v) is 14.7. The van der Waals surface area contributed by atoms with Crippen molar-refractivity contribution in [2.24, 2.45) is 17.3 Å². The molecule has 1 aromatic heterocycles. The molecule has 0 radical (unpaired) electrons. The van der Waals surface area contributed by atoms with Gasteiger partial charge in [-0.1, -0.05) is 44.6 Å². The summed E-state index contributed by atoms with van der Waals surface area (Å²) >= 11 is 1.42. The Hall–Kier alpha value is -2.39. The molecule has 0 spiro atoms. The van der Waals surface area contributed by atoms with Crippen molar-refractivity contribution in [1.29, 1.82) is 0 Å². The number of fused-ring (bicyclic) bond motifs is 1. The minimum atomic E-state index is -1.27. The lowest BCUT2D eigenvalue weighted by atomic mass is 9.71. The van der Waals surface area contributed by atoms with Crippen LogP contribution in [-0.2, 0) is 20.9 Å². The number of nitrogens with zero attached hydrogens (tertiary/aromatic N) is 1. The molecule has 3 N–H and O–H groups in total. The monoisotopic (exact) mass is 557 g/mol. The highest BCUT2D eigenvalue weighted by molar-refractivity contribution is 7.18. The van der Waals surface area contributed by atoms with Crippen LogP contribution < -0.4 is 0 Å². The second kappa shape index (κ2) is 13.8. The molecule has 0 aliphatic carbocycles. The van der Waals surface area contributed by atoms with Crippen LogP contribution in [0.3, 0.4) is 0 Å². The molecule has 39 heavy (non-hydrogen) atoms. The molecule has 3 rings (SSSR count). The number of cyclic esters (lactones) is 1. The molecule has 8 heteroatoms. The number of aliphatic hydroxyl groups excluding tert-OH is 3. The molecule has 0 bridgehead atoms. The van der Waals surface area contributed by atoms with Gasteiger partial charge >= 0.3 is 5.97 Å². The predicted octanol–water partition coefficient (Wildman–Crippen LogP) is 5.82. The fourth-order valence-electron chi connectivity index (χ4n) is 5.21. The third-order valence-corrected chi connectivity index (χ3v) is 9.01. The second-order valence-electron chi connectivity index (χ2n) is 11.4. The first-order chi connectivity index (χ1) is 18.5. The number of hydrogen-bond donors (Lipinski definition) is 3. The molecule has 0 unspecified atom stereocenters. The standard InChI is InChI=1S/C31H43NO6S/c1-6-7-11-22-29(36)20(3)10-8-9-19(2)12-14-24(38-28(35)17-26(34)31(4,5)30(22)37)21-13-15-25-23(16-21)32-27(18-33)39-25/h6,12-13,15-16,20,22,24,26,29,33-34,36H,1,7-11,14,17-18H2,2-5H3/b19-12-/t20-,22+,24-,26-,29-/m0/s1. The lowest BCUT2D eigenvalue weighted by molar-refractivity contribution is -0.156. The van der Waals surface area contributed by atoms with Crippen molar-refractivity contribution in [3.8, 4) is 0 Å². The van der Waals surface area contributed by atoms with Gasteiger partial charge in [0.05, 0.1) is 40.9 Å². The van der Waals surface area contributed by atoms with Crippen LogP contribution in [0.4, 0.5) is 0 Å². The number of aromatic nitrogens is 1. The summed E-state index contributed by atoms with van der Waals surface area (Å²) < 4.78 is 6.84. The van der Waals surface area contributed by atoms with E-state index in [4.69, 9.17) is 4.74 Å². The maximum absolute atomic E-state index is 13.7. The highest BCUT2D eigenvalue weighted by Gasteiger charge is 2.43. The van der Waals surface area contributed by atoms with Crippen molar-refractivity contribution in [2.45, 2.75) is 97.6 Å². The van der Waals surface area contributed by atoms with E-state index in [1.54, 1.807) is 19.9 Å². The van der Waals surface area contributed by atoms with E-state index in [9.17, 15) is 24.9 Å². The van der Waals surface area contributed by atoms with E-state index in [0.717, 1.165) is 40.6 Å². The topological polar surface area (TPSA) is 117 Å². The number of rotatable bonds is 5. The van der Waals surface area contributed by atoms with Gasteiger partial charge in [0.25, 0.3) is 0 Å². The lowest BCUT2D eigenvalue weighted by Crippen LogP contribution is -2.46. The fourth-order valence-corrected chi connectivity index (χ4v) is 6.02. The van der Waals surface area contributed by atoms with Gasteiger partial charge in [0.15, 0.2) is 0 Å². The smallest absolute Gasteiger partial charge is 0.309 e. The van der Waals surface area contributed by atoms with Crippen LogP contribution in [0.1, 0.15) is 89.3 Å². The number of aliphatic hydroxyl groups is 3. The minimum absolute atomic E-state index is 0.0937. The molecule has 214 valence electrons. The van der Waals surface area contributed by atoms with Gasteiger partial charge < -0.3 is 20.1 Å².